The zero-order valence-corrected chi connectivity index (χ0v) is 17.7. The van der Waals surface area contributed by atoms with Crippen LogP contribution in [0.3, 0.4) is 0 Å². The Morgan fingerprint density at radius 2 is 1.56 bits per heavy atom. The van der Waals surface area contributed by atoms with E-state index < -0.39 is 0 Å². The molecule has 0 amide bonds. The molecule has 2 aromatic rings. The van der Waals surface area contributed by atoms with Crippen LogP contribution in [0.1, 0.15) is 49.4 Å². The molecule has 0 aliphatic carbocycles. The first kappa shape index (κ1) is 21.0. The maximum absolute atomic E-state index is 5.43. The maximum Gasteiger partial charge on any atom is 0.166 e. The molecule has 2 aromatic carbocycles. The molecule has 0 fully saturated rings. The topological polar surface area (TPSA) is 42.5 Å². The van der Waals surface area contributed by atoms with E-state index in [0.717, 1.165) is 24.5 Å². The Bertz CT molecular complexity index is 744. The zero-order chi connectivity index (χ0) is 19.8. The summed E-state index contributed by atoms with van der Waals surface area (Å²) in [7, 11) is 3.29. The Balaban J connectivity index is 1.82. The molecule has 27 heavy (non-hydrogen) atoms. The summed E-state index contributed by atoms with van der Waals surface area (Å²) in [6, 6.07) is 14.8. The van der Waals surface area contributed by atoms with Gasteiger partial charge in [0.25, 0.3) is 0 Å². The van der Waals surface area contributed by atoms with Crippen LogP contribution >= 0.6 is 12.2 Å². The molecular formula is C22H30N2O2S. The highest BCUT2D eigenvalue weighted by Gasteiger charge is 2.08. The summed E-state index contributed by atoms with van der Waals surface area (Å²) in [6.45, 7) is 7.27. The van der Waals surface area contributed by atoms with Crippen LogP contribution in [0.15, 0.2) is 42.5 Å². The van der Waals surface area contributed by atoms with Gasteiger partial charge >= 0.3 is 0 Å². The molecule has 0 saturated carbocycles. The summed E-state index contributed by atoms with van der Waals surface area (Å²) >= 11 is 5.43. The summed E-state index contributed by atoms with van der Waals surface area (Å²) < 4.78 is 10.6. The number of benzene rings is 2. The molecule has 0 saturated heterocycles. The Morgan fingerprint density at radius 3 is 2.15 bits per heavy atom. The minimum absolute atomic E-state index is 0.160. The summed E-state index contributed by atoms with van der Waals surface area (Å²) in [5.74, 6) is 2.03. The Hall–Kier alpha value is -2.27. The Labute approximate surface area is 168 Å². The van der Waals surface area contributed by atoms with Crippen molar-refractivity contribution in [1.29, 1.82) is 0 Å². The van der Waals surface area contributed by atoms with E-state index in [1.165, 1.54) is 16.7 Å². The zero-order valence-electron chi connectivity index (χ0n) is 16.8. The lowest BCUT2D eigenvalue weighted by atomic mass is 10.00. The number of thiocarbonyl (C=S) groups is 1. The third-order valence-electron chi connectivity index (χ3n) is 4.60. The molecule has 0 heterocycles. The highest BCUT2D eigenvalue weighted by atomic mass is 32.1. The number of hydrogen-bond donors (Lipinski definition) is 2. The fourth-order valence-corrected chi connectivity index (χ4v) is 3.14. The molecule has 0 spiro atoms. The van der Waals surface area contributed by atoms with Crippen LogP contribution in [0.2, 0.25) is 0 Å². The Kier molecular flexibility index (Phi) is 7.92. The molecule has 5 heteroatoms. The molecule has 0 aliphatic rings. The van der Waals surface area contributed by atoms with Crippen LogP contribution in [0.5, 0.6) is 11.5 Å². The van der Waals surface area contributed by atoms with Crippen molar-refractivity contribution in [2.75, 3.05) is 20.8 Å². The van der Waals surface area contributed by atoms with E-state index in [1.54, 1.807) is 14.2 Å². The highest BCUT2D eigenvalue weighted by Crippen LogP contribution is 2.27. The van der Waals surface area contributed by atoms with Gasteiger partial charge in [0.1, 0.15) is 0 Å². The van der Waals surface area contributed by atoms with Crippen molar-refractivity contribution in [1.82, 2.24) is 10.6 Å². The average Bonchev–Trinajstić information content (AvgIpc) is 2.67. The van der Waals surface area contributed by atoms with Gasteiger partial charge < -0.3 is 20.1 Å². The van der Waals surface area contributed by atoms with E-state index >= 15 is 0 Å². The van der Waals surface area contributed by atoms with Crippen molar-refractivity contribution in [3.8, 4) is 11.5 Å². The van der Waals surface area contributed by atoms with E-state index in [9.17, 15) is 0 Å². The second-order valence-electron chi connectivity index (χ2n) is 6.88. The minimum Gasteiger partial charge on any atom is -0.493 e. The van der Waals surface area contributed by atoms with Crippen LogP contribution in [0.25, 0.3) is 0 Å². The second kappa shape index (κ2) is 10.2. The SMILES string of the molecule is COc1ccc(CCNC(=S)NC(C)c2ccc(C(C)C)cc2)cc1OC. The van der Waals surface area contributed by atoms with Crippen molar-refractivity contribution in [3.05, 3.63) is 59.2 Å². The second-order valence-corrected chi connectivity index (χ2v) is 7.29. The van der Waals surface area contributed by atoms with E-state index in [4.69, 9.17) is 21.7 Å². The molecule has 4 nitrogen and oxygen atoms in total. The maximum atomic E-state index is 5.43. The largest absolute Gasteiger partial charge is 0.493 e. The van der Waals surface area contributed by atoms with Crippen LogP contribution < -0.4 is 20.1 Å². The first-order chi connectivity index (χ1) is 12.9. The molecule has 146 valence electrons. The monoisotopic (exact) mass is 386 g/mol. The molecule has 1 unspecified atom stereocenters. The summed E-state index contributed by atoms with van der Waals surface area (Å²) in [6.07, 6.45) is 0.847. The fraction of sp³-hybridized carbons (Fsp3) is 0.409. The van der Waals surface area contributed by atoms with Crippen LogP contribution in [0.4, 0.5) is 0 Å². The van der Waals surface area contributed by atoms with Gasteiger partial charge in [-0.15, -0.1) is 0 Å². The van der Waals surface area contributed by atoms with Crippen molar-refractivity contribution >= 4 is 17.3 Å². The van der Waals surface area contributed by atoms with Crippen LogP contribution in [-0.4, -0.2) is 25.9 Å². The predicted octanol–water partition coefficient (Wildman–Crippen LogP) is 4.60. The number of nitrogens with one attached hydrogen (secondary N) is 2. The number of rotatable bonds is 8. The first-order valence-electron chi connectivity index (χ1n) is 9.29. The van der Waals surface area contributed by atoms with Crippen molar-refractivity contribution < 1.29 is 9.47 Å². The van der Waals surface area contributed by atoms with Gasteiger partial charge in [-0.25, -0.2) is 0 Å². The quantitative estimate of drug-likeness (QED) is 0.649. The molecule has 0 aliphatic heterocycles. The van der Waals surface area contributed by atoms with E-state index in [1.807, 2.05) is 18.2 Å². The molecule has 0 aromatic heterocycles. The van der Waals surface area contributed by atoms with Gasteiger partial charge in [-0.2, -0.15) is 0 Å². The van der Waals surface area contributed by atoms with Crippen molar-refractivity contribution in [3.63, 3.8) is 0 Å². The normalized spacial score (nSPS) is 11.8. The predicted molar refractivity (Wildman–Crippen MR) is 116 cm³/mol. The molecule has 2 rings (SSSR count). The van der Waals surface area contributed by atoms with E-state index in [-0.39, 0.29) is 6.04 Å². The van der Waals surface area contributed by atoms with Gasteiger partial charge in [-0.3, -0.25) is 0 Å². The van der Waals surface area contributed by atoms with Gasteiger partial charge in [0.15, 0.2) is 16.6 Å². The molecule has 0 bridgehead atoms. The summed E-state index contributed by atoms with van der Waals surface area (Å²) in [5, 5.41) is 7.29. The van der Waals surface area contributed by atoms with Crippen LogP contribution in [0, 0.1) is 0 Å². The van der Waals surface area contributed by atoms with Gasteiger partial charge in [-0.1, -0.05) is 44.2 Å². The van der Waals surface area contributed by atoms with E-state index in [2.05, 4.69) is 55.7 Å². The fourth-order valence-electron chi connectivity index (χ4n) is 2.86. The lowest BCUT2D eigenvalue weighted by Crippen LogP contribution is -2.37. The summed E-state index contributed by atoms with van der Waals surface area (Å²) in [4.78, 5) is 0. The molecule has 2 N–H and O–H groups in total. The number of hydrogen-bond acceptors (Lipinski definition) is 3. The summed E-state index contributed by atoms with van der Waals surface area (Å²) in [5.41, 5.74) is 3.74. The average molecular weight is 387 g/mol. The van der Waals surface area contributed by atoms with Gasteiger partial charge in [0.2, 0.25) is 0 Å². The van der Waals surface area contributed by atoms with Crippen molar-refractivity contribution in [2.24, 2.45) is 0 Å². The molecule has 0 radical (unpaired) electrons. The molecule has 1 atom stereocenters. The minimum atomic E-state index is 0.160. The first-order valence-corrected chi connectivity index (χ1v) is 9.70. The van der Waals surface area contributed by atoms with E-state index in [0.29, 0.717) is 11.0 Å². The van der Waals surface area contributed by atoms with Gasteiger partial charge in [0, 0.05) is 6.54 Å². The van der Waals surface area contributed by atoms with Crippen molar-refractivity contribution in [2.45, 2.75) is 39.2 Å². The smallest absolute Gasteiger partial charge is 0.166 e. The number of methoxy groups -OCH3 is 2. The van der Waals surface area contributed by atoms with Crippen LogP contribution in [-0.2, 0) is 6.42 Å². The third kappa shape index (κ3) is 6.14. The van der Waals surface area contributed by atoms with Gasteiger partial charge in [0.05, 0.1) is 20.3 Å². The Morgan fingerprint density at radius 1 is 0.926 bits per heavy atom. The van der Waals surface area contributed by atoms with Gasteiger partial charge in [-0.05, 0) is 60.3 Å². The lowest BCUT2D eigenvalue weighted by Gasteiger charge is -2.18. The standard InChI is InChI=1S/C22H30N2O2S/c1-15(2)18-7-9-19(10-8-18)16(3)24-22(27)23-13-12-17-6-11-20(25-4)21(14-17)26-5/h6-11,14-16H,12-13H2,1-5H3,(H2,23,24,27). The molecular weight excluding hydrogens is 356 g/mol. The number of ether oxygens (including phenoxy) is 2. The third-order valence-corrected chi connectivity index (χ3v) is 4.86. The lowest BCUT2D eigenvalue weighted by molar-refractivity contribution is 0.354. The highest BCUT2D eigenvalue weighted by molar-refractivity contribution is 7.80.